The molecule has 1 aliphatic heterocycles. The van der Waals surface area contributed by atoms with Crippen LogP contribution in [0, 0.1) is 5.39 Å². The highest BCUT2D eigenvalue weighted by molar-refractivity contribution is 6.08. The molecule has 21 heavy (non-hydrogen) atoms. The summed E-state index contributed by atoms with van der Waals surface area (Å²) in [4.78, 5) is 17.1. The Morgan fingerprint density at radius 2 is 2.14 bits per heavy atom. The van der Waals surface area contributed by atoms with E-state index in [1.807, 2.05) is 31.2 Å². The quantitative estimate of drug-likeness (QED) is 0.526. The number of ether oxygens (including phenoxy) is 1. The monoisotopic (exact) mass is 288 g/mol. The Labute approximate surface area is 123 Å². The average Bonchev–Trinajstić information content (AvgIpc) is 2.80. The van der Waals surface area contributed by atoms with E-state index in [0.717, 1.165) is 17.7 Å². The van der Waals surface area contributed by atoms with Crippen molar-refractivity contribution in [1.29, 1.82) is 5.39 Å². The lowest BCUT2D eigenvalue weighted by Gasteiger charge is -2.24. The lowest BCUT2D eigenvalue weighted by Crippen LogP contribution is -2.39. The van der Waals surface area contributed by atoms with Gasteiger partial charge < -0.3 is 9.84 Å². The third-order valence-electron chi connectivity index (χ3n) is 3.93. The lowest BCUT2D eigenvalue weighted by molar-refractivity contribution is -0.115. The second-order valence-corrected chi connectivity index (χ2v) is 4.96. The van der Waals surface area contributed by atoms with Crippen LogP contribution in [0.5, 0.6) is 0 Å². The Morgan fingerprint density at radius 1 is 1.48 bits per heavy atom. The summed E-state index contributed by atoms with van der Waals surface area (Å²) in [5, 5.41) is 18.6. The van der Waals surface area contributed by atoms with Crippen LogP contribution in [0.1, 0.15) is 31.7 Å². The zero-order valence-electron chi connectivity index (χ0n) is 12.3. The number of carbonyl (C=O) groups is 1. The van der Waals surface area contributed by atoms with E-state index in [-0.39, 0.29) is 12.0 Å². The SMILES string of the molecule is CC[C@H]1[C@@H](C)c2ccccc2N1C(=O)/C([N+]#N)=C(\O)OC. The summed E-state index contributed by atoms with van der Waals surface area (Å²) in [7, 11) is 1.20. The van der Waals surface area contributed by atoms with Gasteiger partial charge in [0.25, 0.3) is 0 Å². The van der Waals surface area contributed by atoms with Gasteiger partial charge in [0.05, 0.1) is 7.11 Å². The zero-order valence-corrected chi connectivity index (χ0v) is 12.3. The molecular formula is C15H18N3O3+. The fraction of sp³-hybridized carbons (Fsp3) is 0.400. The molecule has 1 N–H and O–H groups in total. The predicted molar refractivity (Wildman–Crippen MR) is 78.2 cm³/mol. The molecule has 1 amide bonds. The van der Waals surface area contributed by atoms with Crippen molar-refractivity contribution in [2.24, 2.45) is 0 Å². The second kappa shape index (κ2) is 5.83. The maximum Gasteiger partial charge on any atom is 0.527 e. The molecule has 6 heteroatoms. The van der Waals surface area contributed by atoms with Gasteiger partial charge in [-0.1, -0.05) is 32.0 Å². The van der Waals surface area contributed by atoms with E-state index in [0.29, 0.717) is 0 Å². The topological polar surface area (TPSA) is 77.9 Å². The van der Waals surface area contributed by atoms with E-state index in [1.165, 1.54) is 7.11 Å². The van der Waals surface area contributed by atoms with Gasteiger partial charge in [-0.05, 0) is 18.1 Å². The average molecular weight is 288 g/mol. The Balaban J connectivity index is 2.52. The Kier molecular flexibility index (Phi) is 4.13. The number of nitrogens with zero attached hydrogens (tertiary/aromatic N) is 3. The van der Waals surface area contributed by atoms with Crippen LogP contribution in [-0.2, 0) is 9.53 Å². The smallest absolute Gasteiger partial charge is 0.475 e. The number of fused-ring (bicyclic) bond motifs is 1. The molecule has 2 rings (SSSR count). The maximum absolute atomic E-state index is 12.6. The van der Waals surface area contributed by atoms with E-state index >= 15 is 0 Å². The number of amides is 1. The molecule has 1 heterocycles. The first kappa shape index (κ1) is 14.9. The zero-order chi connectivity index (χ0) is 15.6. The predicted octanol–water partition coefficient (Wildman–Crippen LogP) is 3.14. The van der Waals surface area contributed by atoms with Crippen LogP contribution in [0.15, 0.2) is 35.9 Å². The number of rotatable bonds is 3. The molecule has 1 aromatic rings. The van der Waals surface area contributed by atoms with Crippen molar-refractivity contribution >= 4 is 11.6 Å². The van der Waals surface area contributed by atoms with Gasteiger partial charge in [-0.2, -0.15) is 0 Å². The van der Waals surface area contributed by atoms with Crippen molar-refractivity contribution in [1.82, 2.24) is 0 Å². The Hall–Kier alpha value is -2.55. The van der Waals surface area contributed by atoms with Crippen molar-refractivity contribution in [3.63, 3.8) is 0 Å². The van der Waals surface area contributed by atoms with E-state index in [9.17, 15) is 9.90 Å². The minimum Gasteiger partial charge on any atom is -0.475 e. The fourth-order valence-corrected chi connectivity index (χ4v) is 2.89. The van der Waals surface area contributed by atoms with E-state index in [2.05, 4.69) is 16.6 Å². The summed E-state index contributed by atoms with van der Waals surface area (Å²) >= 11 is 0. The summed E-state index contributed by atoms with van der Waals surface area (Å²) in [6.07, 6.45) is 0.744. The van der Waals surface area contributed by atoms with Crippen molar-refractivity contribution < 1.29 is 14.6 Å². The summed E-state index contributed by atoms with van der Waals surface area (Å²) in [5.74, 6) is -1.12. The second-order valence-electron chi connectivity index (χ2n) is 4.96. The van der Waals surface area contributed by atoms with Crippen molar-refractivity contribution in [2.75, 3.05) is 12.0 Å². The molecule has 1 aromatic carbocycles. The van der Waals surface area contributed by atoms with Crippen molar-refractivity contribution in [3.05, 3.63) is 46.4 Å². The van der Waals surface area contributed by atoms with Crippen molar-refractivity contribution in [3.8, 4) is 0 Å². The summed E-state index contributed by atoms with van der Waals surface area (Å²) in [6, 6.07) is 7.54. The van der Waals surface area contributed by atoms with Gasteiger partial charge >= 0.3 is 17.5 Å². The molecule has 0 bridgehead atoms. The number of hydrogen-bond acceptors (Lipinski definition) is 4. The third kappa shape index (κ3) is 2.31. The molecule has 0 saturated carbocycles. The van der Waals surface area contributed by atoms with E-state index < -0.39 is 17.5 Å². The molecule has 110 valence electrons. The molecule has 0 aliphatic carbocycles. The highest BCUT2D eigenvalue weighted by atomic mass is 16.6. The number of methoxy groups -OCH3 is 1. The normalized spacial score (nSPS) is 21.3. The number of diazo groups is 1. The minimum absolute atomic E-state index is 0.0590. The van der Waals surface area contributed by atoms with Gasteiger partial charge in [0.2, 0.25) is 5.39 Å². The number of hydrogen-bond donors (Lipinski definition) is 1. The van der Waals surface area contributed by atoms with Gasteiger partial charge in [-0.15, -0.1) is 0 Å². The highest BCUT2D eigenvalue weighted by Crippen LogP contribution is 2.42. The first-order valence-electron chi connectivity index (χ1n) is 6.81. The number of para-hydroxylation sites is 1. The van der Waals surface area contributed by atoms with Gasteiger partial charge in [0, 0.05) is 17.6 Å². The number of benzene rings is 1. The van der Waals surface area contributed by atoms with Gasteiger partial charge in [-0.25, -0.2) is 0 Å². The van der Waals surface area contributed by atoms with Crippen LogP contribution in [-0.4, -0.2) is 24.2 Å². The summed E-state index contributed by atoms with van der Waals surface area (Å²) in [5.41, 5.74) is 1.33. The largest absolute Gasteiger partial charge is 0.527 e. The molecule has 0 fully saturated rings. The van der Waals surface area contributed by atoms with Crippen LogP contribution in [0.4, 0.5) is 5.69 Å². The fourth-order valence-electron chi connectivity index (χ4n) is 2.89. The van der Waals surface area contributed by atoms with Gasteiger partial charge in [0.15, 0.2) is 4.98 Å². The molecule has 0 radical (unpaired) electrons. The van der Waals surface area contributed by atoms with Crippen LogP contribution in [0.3, 0.4) is 0 Å². The lowest BCUT2D eigenvalue weighted by atomic mass is 9.96. The molecule has 1 aliphatic rings. The molecule has 6 nitrogen and oxygen atoms in total. The van der Waals surface area contributed by atoms with Crippen LogP contribution in [0.25, 0.3) is 4.98 Å². The molecular weight excluding hydrogens is 270 g/mol. The molecule has 0 saturated heterocycles. The number of carbonyl (C=O) groups excluding carboxylic acids is 1. The summed E-state index contributed by atoms with van der Waals surface area (Å²) in [6.45, 7) is 4.04. The van der Waals surface area contributed by atoms with Crippen LogP contribution >= 0.6 is 0 Å². The minimum atomic E-state index is -0.700. The Morgan fingerprint density at radius 3 is 2.71 bits per heavy atom. The number of aliphatic hydroxyl groups excluding tert-OH is 1. The molecule has 0 unspecified atom stereocenters. The van der Waals surface area contributed by atoms with E-state index in [1.54, 1.807) is 4.90 Å². The first-order valence-corrected chi connectivity index (χ1v) is 6.81. The standard InChI is InChI=1S/C15H17N3O3/c1-4-11-9(2)10-7-5-6-8-12(10)18(11)14(19)13(17-16)15(20)21-3/h5-9,11H,4H2,1-3H3/p+1/t9-,11-/m0/s1. The maximum atomic E-state index is 12.6. The molecule has 0 aromatic heterocycles. The van der Waals surface area contributed by atoms with Crippen LogP contribution in [0.2, 0.25) is 0 Å². The van der Waals surface area contributed by atoms with E-state index in [4.69, 9.17) is 5.39 Å². The van der Waals surface area contributed by atoms with Gasteiger partial charge in [-0.3, -0.25) is 9.69 Å². The van der Waals surface area contributed by atoms with Crippen LogP contribution < -0.4 is 4.90 Å². The molecule has 2 atom stereocenters. The molecule has 0 spiro atoms. The highest BCUT2D eigenvalue weighted by Gasteiger charge is 2.45. The first-order chi connectivity index (χ1) is 10.1. The summed E-state index contributed by atoms with van der Waals surface area (Å²) < 4.78 is 4.60. The van der Waals surface area contributed by atoms with Gasteiger partial charge in [0.1, 0.15) is 0 Å². The van der Waals surface area contributed by atoms with Crippen molar-refractivity contribution in [2.45, 2.75) is 32.2 Å². The number of anilines is 1. The third-order valence-corrected chi connectivity index (χ3v) is 3.93. The number of aliphatic hydroxyl groups is 1. The Bertz CT molecular complexity index is 633.